The quantitative estimate of drug-likeness (QED) is 0.380. The highest BCUT2D eigenvalue weighted by molar-refractivity contribution is 5.97. The van der Waals surface area contributed by atoms with E-state index < -0.39 is 0 Å². The van der Waals surface area contributed by atoms with Gasteiger partial charge in [-0.25, -0.2) is 0 Å². The van der Waals surface area contributed by atoms with E-state index in [0.29, 0.717) is 0 Å². The van der Waals surface area contributed by atoms with Gasteiger partial charge in [-0.1, -0.05) is 29.8 Å². The summed E-state index contributed by atoms with van der Waals surface area (Å²) in [4.78, 5) is 3.42. The molecule has 0 aliphatic rings. The number of hydrogen-bond acceptors (Lipinski definition) is 2. The Kier molecular flexibility index (Phi) is 2.44. The summed E-state index contributed by atoms with van der Waals surface area (Å²) in [5.41, 5.74) is 7.42. The first-order valence-electron chi connectivity index (χ1n) is 3.53. The molecule has 0 spiro atoms. The maximum Gasteiger partial charge on any atom is 0.207 e. The van der Waals surface area contributed by atoms with Gasteiger partial charge in [0.2, 0.25) is 6.19 Å². The van der Waals surface area contributed by atoms with Crippen molar-refractivity contribution in [3.63, 3.8) is 0 Å². The molecular weight excluding hydrogens is 150 g/mol. The van der Waals surface area contributed by atoms with Gasteiger partial charge in [0.1, 0.15) is 5.84 Å². The van der Waals surface area contributed by atoms with E-state index in [2.05, 4.69) is 4.99 Å². The summed E-state index contributed by atoms with van der Waals surface area (Å²) in [6.45, 7) is 1.99. The van der Waals surface area contributed by atoms with Gasteiger partial charge in [0.15, 0.2) is 0 Å². The zero-order valence-electron chi connectivity index (χ0n) is 6.78. The molecule has 12 heavy (non-hydrogen) atoms. The minimum absolute atomic E-state index is 0.262. The second-order valence-corrected chi connectivity index (χ2v) is 2.46. The smallest absolute Gasteiger partial charge is 0.207 e. The summed E-state index contributed by atoms with van der Waals surface area (Å²) >= 11 is 0. The number of hydrogen-bond donors (Lipinski definition) is 1. The number of nitrogens with two attached hydrogens (primary N) is 1. The van der Waals surface area contributed by atoms with Crippen molar-refractivity contribution in [2.45, 2.75) is 6.92 Å². The van der Waals surface area contributed by atoms with Crippen LogP contribution in [0.2, 0.25) is 0 Å². The lowest BCUT2D eigenvalue weighted by atomic mass is 10.1. The van der Waals surface area contributed by atoms with Crippen molar-refractivity contribution in [1.82, 2.24) is 0 Å². The molecule has 0 aromatic heterocycles. The molecule has 60 valence electrons. The fraction of sp³-hybridized carbons (Fsp3) is 0.111. The number of rotatable bonds is 1. The fourth-order valence-corrected chi connectivity index (χ4v) is 0.843. The molecule has 0 radical (unpaired) electrons. The van der Waals surface area contributed by atoms with Crippen LogP contribution < -0.4 is 5.73 Å². The second-order valence-electron chi connectivity index (χ2n) is 2.46. The number of aryl methyl sites for hydroxylation is 1. The summed E-state index contributed by atoms with van der Waals surface area (Å²) in [5, 5.41) is 8.24. The Morgan fingerprint density at radius 3 is 2.50 bits per heavy atom. The molecule has 3 heteroatoms. The first-order chi connectivity index (χ1) is 5.74. The average Bonchev–Trinajstić information content (AvgIpc) is 2.06. The van der Waals surface area contributed by atoms with E-state index in [1.807, 2.05) is 31.2 Å². The Bertz CT molecular complexity index is 330. The molecule has 1 rings (SSSR count). The van der Waals surface area contributed by atoms with Crippen molar-refractivity contribution < 1.29 is 0 Å². The lowest BCUT2D eigenvalue weighted by molar-refractivity contribution is 1.40. The molecule has 0 saturated heterocycles. The molecule has 0 unspecified atom stereocenters. The van der Waals surface area contributed by atoms with E-state index >= 15 is 0 Å². The topological polar surface area (TPSA) is 62.2 Å². The van der Waals surface area contributed by atoms with Crippen LogP contribution in [0.15, 0.2) is 29.3 Å². The van der Waals surface area contributed by atoms with Crippen LogP contribution in [0.1, 0.15) is 11.1 Å². The van der Waals surface area contributed by atoms with Gasteiger partial charge < -0.3 is 5.73 Å². The van der Waals surface area contributed by atoms with E-state index in [1.165, 1.54) is 0 Å². The van der Waals surface area contributed by atoms with Crippen molar-refractivity contribution >= 4 is 5.84 Å². The predicted molar refractivity (Wildman–Crippen MR) is 47.5 cm³/mol. The number of nitrogens with zero attached hydrogens (tertiary/aromatic N) is 2. The predicted octanol–water partition coefficient (Wildman–Crippen LogP) is 1.18. The third kappa shape index (κ3) is 1.83. The van der Waals surface area contributed by atoms with E-state index in [0.717, 1.165) is 11.1 Å². The Morgan fingerprint density at radius 2 is 2.00 bits per heavy atom. The standard InChI is InChI=1S/C9H9N3/c1-7-2-4-8(5-3-7)9(11)12-6-10/h2-5H,1H3,(H2,11,12). The van der Waals surface area contributed by atoms with Crippen LogP contribution >= 0.6 is 0 Å². The minimum Gasteiger partial charge on any atom is -0.383 e. The summed E-state index contributed by atoms with van der Waals surface area (Å²) in [6.07, 6.45) is 1.64. The lowest BCUT2D eigenvalue weighted by Gasteiger charge is -1.97. The molecule has 3 nitrogen and oxygen atoms in total. The Balaban J connectivity index is 2.99. The molecule has 1 aromatic rings. The monoisotopic (exact) mass is 159 g/mol. The molecule has 0 aliphatic heterocycles. The zero-order chi connectivity index (χ0) is 8.97. The largest absolute Gasteiger partial charge is 0.383 e. The molecule has 0 heterocycles. The lowest BCUT2D eigenvalue weighted by Crippen LogP contribution is -2.12. The normalized spacial score (nSPS) is 10.8. The van der Waals surface area contributed by atoms with Gasteiger partial charge in [-0.2, -0.15) is 10.3 Å². The minimum atomic E-state index is 0.262. The summed E-state index contributed by atoms with van der Waals surface area (Å²) in [7, 11) is 0. The van der Waals surface area contributed by atoms with Crippen LogP contribution in [-0.4, -0.2) is 5.84 Å². The van der Waals surface area contributed by atoms with E-state index in [1.54, 1.807) is 6.19 Å². The first-order valence-corrected chi connectivity index (χ1v) is 3.53. The molecule has 0 atom stereocenters. The fourth-order valence-electron chi connectivity index (χ4n) is 0.843. The molecule has 0 amide bonds. The highest BCUT2D eigenvalue weighted by Gasteiger charge is 1.95. The second kappa shape index (κ2) is 3.54. The van der Waals surface area contributed by atoms with Gasteiger partial charge in [0.05, 0.1) is 0 Å². The maximum absolute atomic E-state index is 8.24. The number of nitriles is 1. The third-order valence-electron chi connectivity index (χ3n) is 1.52. The summed E-state index contributed by atoms with van der Waals surface area (Å²) in [5.74, 6) is 0.262. The van der Waals surface area contributed by atoms with Crippen LogP contribution in [-0.2, 0) is 0 Å². The number of aliphatic imine (C=N–C) groups is 1. The maximum atomic E-state index is 8.24. The SMILES string of the molecule is Cc1ccc(C(N)=NC#N)cc1. The van der Waals surface area contributed by atoms with Gasteiger partial charge in [-0.05, 0) is 6.92 Å². The van der Waals surface area contributed by atoms with Crippen molar-refractivity contribution in [1.29, 1.82) is 5.26 Å². The van der Waals surface area contributed by atoms with Gasteiger partial charge in [-0.3, -0.25) is 0 Å². The van der Waals surface area contributed by atoms with Crippen LogP contribution in [0.3, 0.4) is 0 Å². The van der Waals surface area contributed by atoms with Gasteiger partial charge >= 0.3 is 0 Å². The van der Waals surface area contributed by atoms with Crippen LogP contribution in [0.5, 0.6) is 0 Å². The van der Waals surface area contributed by atoms with E-state index in [4.69, 9.17) is 11.0 Å². The highest BCUT2D eigenvalue weighted by atomic mass is 14.8. The van der Waals surface area contributed by atoms with Gasteiger partial charge in [0.25, 0.3) is 0 Å². The zero-order valence-corrected chi connectivity index (χ0v) is 6.78. The van der Waals surface area contributed by atoms with Crippen molar-refractivity contribution in [3.8, 4) is 6.19 Å². The van der Waals surface area contributed by atoms with Gasteiger partial charge in [-0.15, -0.1) is 0 Å². The average molecular weight is 159 g/mol. The van der Waals surface area contributed by atoms with Crippen LogP contribution in [0, 0.1) is 18.4 Å². The summed E-state index contributed by atoms with van der Waals surface area (Å²) < 4.78 is 0. The number of benzene rings is 1. The van der Waals surface area contributed by atoms with Crippen molar-refractivity contribution in [2.24, 2.45) is 10.7 Å². The molecular formula is C9H9N3. The molecule has 2 N–H and O–H groups in total. The number of amidine groups is 1. The molecule has 0 bridgehead atoms. The van der Waals surface area contributed by atoms with E-state index in [-0.39, 0.29) is 5.84 Å². The van der Waals surface area contributed by atoms with Crippen molar-refractivity contribution in [2.75, 3.05) is 0 Å². The molecule has 0 fully saturated rings. The Hall–Kier alpha value is -1.82. The van der Waals surface area contributed by atoms with Crippen LogP contribution in [0.25, 0.3) is 0 Å². The van der Waals surface area contributed by atoms with E-state index in [9.17, 15) is 0 Å². The molecule has 1 aromatic carbocycles. The third-order valence-corrected chi connectivity index (χ3v) is 1.52. The van der Waals surface area contributed by atoms with Crippen molar-refractivity contribution in [3.05, 3.63) is 35.4 Å². The molecule has 0 aliphatic carbocycles. The highest BCUT2D eigenvalue weighted by Crippen LogP contribution is 2.02. The molecule has 0 saturated carbocycles. The first kappa shape index (κ1) is 8.28. The summed E-state index contributed by atoms with van der Waals surface area (Å²) in [6, 6.07) is 7.53. The Labute approximate surface area is 71.2 Å². The van der Waals surface area contributed by atoms with Gasteiger partial charge in [0, 0.05) is 5.56 Å². The Morgan fingerprint density at radius 1 is 1.42 bits per heavy atom. The van der Waals surface area contributed by atoms with Crippen LogP contribution in [0.4, 0.5) is 0 Å².